The third kappa shape index (κ3) is 1.75. The van der Waals surface area contributed by atoms with Gasteiger partial charge in [0.25, 0.3) is 0 Å². The van der Waals surface area contributed by atoms with E-state index < -0.39 is 0 Å². The number of nitrogens with one attached hydrogen (secondary N) is 1. The second-order valence-corrected chi connectivity index (χ2v) is 5.02. The molecule has 2 heteroatoms. The van der Waals surface area contributed by atoms with Crippen molar-refractivity contribution in [3.8, 4) is 0 Å². The normalized spacial score (nSPS) is 27.2. The third-order valence-electron chi connectivity index (χ3n) is 4.04. The van der Waals surface area contributed by atoms with Crippen LogP contribution in [0.25, 0.3) is 0 Å². The number of piperazine rings is 1. The summed E-state index contributed by atoms with van der Waals surface area (Å²) in [4.78, 5) is 2.67. The molecule has 0 bridgehead atoms. The Hall–Kier alpha value is -0.0800. The van der Waals surface area contributed by atoms with Gasteiger partial charge in [-0.3, -0.25) is 4.90 Å². The van der Waals surface area contributed by atoms with Crippen LogP contribution >= 0.6 is 0 Å². The molecule has 2 aliphatic rings. The van der Waals surface area contributed by atoms with Crippen LogP contribution in [0.4, 0.5) is 0 Å². The molecule has 0 unspecified atom stereocenters. The Morgan fingerprint density at radius 2 is 1.77 bits per heavy atom. The first-order valence-corrected chi connectivity index (χ1v) is 5.67. The smallest absolute Gasteiger partial charge is 0.0182 e. The lowest BCUT2D eigenvalue weighted by atomic mass is 9.71. The van der Waals surface area contributed by atoms with E-state index in [4.69, 9.17) is 0 Å². The lowest BCUT2D eigenvalue weighted by Gasteiger charge is -2.49. The lowest BCUT2D eigenvalue weighted by molar-refractivity contribution is 0.0163. The summed E-state index contributed by atoms with van der Waals surface area (Å²) in [7, 11) is 0. The van der Waals surface area contributed by atoms with Crippen LogP contribution in [0.5, 0.6) is 0 Å². The Labute approximate surface area is 81.7 Å². The van der Waals surface area contributed by atoms with Crippen LogP contribution < -0.4 is 5.32 Å². The van der Waals surface area contributed by atoms with E-state index in [9.17, 15) is 0 Å². The van der Waals surface area contributed by atoms with Crippen LogP contribution in [-0.4, -0.2) is 36.6 Å². The molecule has 0 amide bonds. The van der Waals surface area contributed by atoms with Gasteiger partial charge in [-0.2, -0.15) is 0 Å². The minimum absolute atomic E-state index is 0.459. The molecule has 1 aliphatic carbocycles. The maximum atomic E-state index is 3.42. The Kier molecular flexibility index (Phi) is 2.61. The predicted molar refractivity (Wildman–Crippen MR) is 55.9 cm³/mol. The molecule has 1 N–H and O–H groups in total. The van der Waals surface area contributed by atoms with Crippen molar-refractivity contribution in [1.82, 2.24) is 10.2 Å². The van der Waals surface area contributed by atoms with Crippen molar-refractivity contribution in [2.75, 3.05) is 26.2 Å². The van der Waals surface area contributed by atoms with Crippen LogP contribution in [0, 0.1) is 5.92 Å². The van der Waals surface area contributed by atoms with E-state index in [1.165, 1.54) is 45.4 Å². The second kappa shape index (κ2) is 3.58. The van der Waals surface area contributed by atoms with E-state index in [1.807, 2.05) is 0 Å². The molecule has 2 nitrogen and oxygen atoms in total. The third-order valence-corrected chi connectivity index (χ3v) is 4.04. The molecule has 1 saturated carbocycles. The molecule has 2 fully saturated rings. The standard InChI is InChI=1S/C11H22N2/c1-11(2,10-4-3-5-10)13-8-6-12-7-9-13/h10,12H,3-9H2,1-2H3. The second-order valence-electron chi connectivity index (χ2n) is 5.02. The molecule has 1 aliphatic heterocycles. The van der Waals surface area contributed by atoms with Gasteiger partial charge < -0.3 is 5.32 Å². The first-order valence-electron chi connectivity index (χ1n) is 5.67. The zero-order chi connectivity index (χ0) is 9.31. The number of hydrogen-bond acceptors (Lipinski definition) is 2. The summed E-state index contributed by atoms with van der Waals surface area (Å²) in [5.41, 5.74) is 0.459. The van der Waals surface area contributed by atoms with Crippen molar-refractivity contribution in [3.63, 3.8) is 0 Å². The Morgan fingerprint density at radius 1 is 1.15 bits per heavy atom. The Balaban J connectivity index is 1.94. The molecule has 1 heterocycles. The fourth-order valence-corrected chi connectivity index (χ4v) is 2.61. The Bertz CT molecular complexity index is 167. The van der Waals surface area contributed by atoms with Gasteiger partial charge in [0.1, 0.15) is 0 Å². The van der Waals surface area contributed by atoms with Gasteiger partial charge in [0, 0.05) is 31.7 Å². The highest BCUT2D eigenvalue weighted by Crippen LogP contribution is 2.39. The molecule has 76 valence electrons. The van der Waals surface area contributed by atoms with Crippen LogP contribution in [0.1, 0.15) is 33.1 Å². The minimum atomic E-state index is 0.459. The molecule has 0 aromatic heterocycles. The average Bonchev–Trinajstić information content (AvgIpc) is 2.02. The highest BCUT2D eigenvalue weighted by Gasteiger charge is 2.38. The molecule has 0 atom stereocenters. The van der Waals surface area contributed by atoms with Crippen LogP contribution in [0.15, 0.2) is 0 Å². The monoisotopic (exact) mass is 182 g/mol. The summed E-state index contributed by atoms with van der Waals surface area (Å²) in [6, 6.07) is 0. The van der Waals surface area contributed by atoms with E-state index in [1.54, 1.807) is 0 Å². The highest BCUT2D eigenvalue weighted by atomic mass is 15.2. The van der Waals surface area contributed by atoms with E-state index >= 15 is 0 Å². The molecule has 0 spiro atoms. The maximum Gasteiger partial charge on any atom is 0.0182 e. The minimum Gasteiger partial charge on any atom is -0.314 e. The van der Waals surface area contributed by atoms with Gasteiger partial charge in [-0.25, -0.2) is 0 Å². The molecule has 2 rings (SSSR count). The van der Waals surface area contributed by atoms with Crippen LogP contribution in [-0.2, 0) is 0 Å². The van der Waals surface area contributed by atoms with Gasteiger partial charge in [0.15, 0.2) is 0 Å². The number of rotatable bonds is 2. The van der Waals surface area contributed by atoms with Crippen LogP contribution in [0.3, 0.4) is 0 Å². The van der Waals surface area contributed by atoms with Gasteiger partial charge in [-0.1, -0.05) is 6.42 Å². The van der Waals surface area contributed by atoms with Crippen molar-refractivity contribution in [1.29, 1.82) is 0 Å². The summed E-state index contributed by atoms with van der Waals surface area (Å²) in [5.74, 6) is 0.964. The van der Waals surface area contributed by atoms with E-state index in [0.29, 0.717) is 5.54 Å². The largest absolute Gasteiger partial charge is 0.314 e. The lowest BCUT2D eigenvalue weighted by Crippen LogP contribution is -2.57. The first-order chi connectivity index (χ1) is 6.21. The fraction of sp³-hybridized carbons (Fsp3) is 1.00. The molecule has 0 aromatic carbocycles. The molecule has 0 aromatic rings. The molecule has 1 saturated heterocycles. The van der Waals surface area contributed by atoms with E-state index in [2.05, 4.69) is 24.1 Å². The first kappa shape index (κ1) is 9.47. The maximum absolute atomic E-state index is 3.42. The highest BCUT2D eigenvalue weighted by molar-refractivity contribution is 4.94. The summed E-state index contributed by atoms with van der Waals surface area (Å²) in [5, 5.41) is 3.42. The van der Waals surface area contributed by atoms with Crippen molar-refractivity contribution in [2.24, 2.45) is 5.92 Å². The zero-order valence-corrected chi connectivity index (χ0v) is 8.97. The van der Waals surface area contributed by atoms with Gasteiger partial charge in [-0.15, -0.1) is 0 Å². The summed E-state index contributed by atoms with van der Waals surface area (Å²) < 4.78 is 0. The van der Waals surface area contributed by atoms with Gasteiger partial charge >= 0.3 is 0 Å². The molecule has 0 radical (unpaired) electrons. The predicted octanol–water partition coefficient (Wildman–Crippen LogP) is 1.47. The van der Waals surface area contributed by atoms with Crippen molar-refractivity contribution in [3.05, 3.63) is 0 Å². The number of nitrogens with zero attached hydrogens (tertiary/aromatic N) is 1. The summed E-state index contributed by atoms with van der Waals surface area (Å²) in [6.45, 7) is 9.70. The van der Waals surface area contributed by atoms with Crippen LogP contribution in [0.2, 0.25) is 0 Å². The van der Waals surface area contributed by atoms with E-state index in [0.717, 1.165) is 5.92 Å². The summed E-state index contributed by atoms with van der Waals surface area (Å²) in [6.07, 6.45) is 4.37. The molecular weight excluding hydrogens is 160 g/mol. The molecular formula is C11H22N2. The van der Waals surface area contributed by atoms with E-state index in [-0.39, 0.29) is 0 Å². The molecule has 13 heavy (non-hydrogen) atoms. The van der Waals surface area contributed by atoms with Gasteiger partial charge in [0.05, 0.1) is 0 Å². The number of hydrogen-bond donors (Lipinski definition) is 1. The van der Waals surface area contributed by atoms with Gasteiger partial charge in [-0.05, 0) is 32.6 Å². The quantitative estimate of drug-likeness (QED) is 0.695. The van der Waals surface area contributed by atoms with Crippen molar-refractivity contribution < 1.29 is 0 Å². The SMILES string of the molecule is CC(C)(C1CCC1)N1CCNCC1. The fourth-order valence-electron chi connectivity index (χ4n) is 2.61. The summed E-state index contributed by atoms with van der Waals surface area (Å²) >= 11 is 0. The van der Waals surface area contributed by atoms with Crippen molar-refractivity contribution in [2.45, 2.75) is 38.6 Å². The van der Waals surface area contributed by atoms with Gasteiger partial charge in [0.2, 0.25) is 0 Å². The van der Waals surface area contributed by atoms with Crippen molar-refractivity contribution >= 4 is 0 Å². The Morgan fingerprint density at radius 3 is 2.23 bits per heavy atom. The zero-order valence-electron chi connectivity index (χ0n) is 8.97. The average molecular weight is 182 g/mol. The topological polar surface area (TPSA) is 15.3 Å².